The van der Waals surface area contributed by atoms with Crippen LogP contribution in [0.4, 0.5) is 13.2 Å². The smallest absolute Gasteiger partial charge is 0.392 e. The molecule has 1 fully saturated rings. The number of nitrogens with zero attached hydrogens (tertiary/aromatic N) is 2. The van der Waals surface area contributed by atoms with Gasteiger partial charge in [-0.1, -0.05) is 13.8 Å². The first-order valence-corrected chi connectivity index (χ1v) is 10.1. The molecule has 1 amide bonds. The highest BCUT2D eigenvalue weighted by molar-refractivity contribution is 5.94. The summed E-state index contributed by atoms with van der Waals surface area (Å²) in [7, 11) is 1.52. The molecule has 1 N–H and O–H groups in total. The molecule has 0 bridgehead atoms. The van der Waals surface area contributed by atoms with Gasteiger partial charge in [-0.3, -0.25) is 9.69 Å². The second-order valence-electron chi connectivity index (χ2n) is 7.88. The Balaban J connectivity index is 2.04. The second-order valence-corrected chi connectivity index (χ2v) is 7.88. The quantitative estimate of drug-likeness (QED) is 0.650. The van der Waals surface area contributed by atoms with Crippen molar-refractivity contribution in [1.29, 1.82) is 0 Å². The number of rotatable bonds is 9. The molecule has 1 aromatic carbocycles. The van der Waals surface area contributed by atoms with Crippen molar-refractivity contribution in [3.8, 4) is 0 Å². The van der Waals surface area contributed by atoms with E-state index in [1.165, 1.54) is 19.2 Å². The van der Waals surface area contributed by atoms with Crippen LogP contribution in [0.15, 0.2) is 24.3 Å². The molecule has 170 valence electrons. The van der Waals surface area contributed by atoms with E-state index in [1.807, 2.05) is 13.8 Å². The summed E-state index contributed by atoms with van der Waals surface area (Å²) in [6.07, 6.45) is -5.15. The molecule has 0 aliphatic carbocycles. The molecule has 1 heterocycles. The number of benzene rings is 1. The summed E-state index contributed by atoms with van der Waals surface area (Å²) in [6, 6.07) is 4.21. The van der Waals surface area contributed by atoms with Crippen LogP contribution in [-0.4, -0.2) is 86.1 Å². The van der Waals surface area contributed by atoms with Crippen molar-refractivity contribution in [2.75, 3.05) is 53.0 Å². The highest BCUT2D eigenvalue weighted by Crippen LogP contribution is 2.29. The fourth-order valence-corrected chi connectivity index (χ4v) is 3.24. The van der Waals surface area contributed by atoms with Gasteiger partial charge in [0.25, 0.3) is 5.91 Å². The largest absolute Gasteiger partial charge is 0.416 e. The van der Waals surface area contributed by atoms with Gasteiger partial charge in [-0.2, -0.15) is 13.2 Å². The average Bonchev–Trinajstić information content (AvgIpc) is 2.70. The van der Waals surface area contributed by atoms with Crippen LogP contribution < -0.4 is 0 Å². The van der Waals surface area contributed by atoms with Gasteiger partial charge in [-0.25, -0.2) is 0 Å². The highest BCUT2D eigenvalue weighted by atomic mass is 19.4. The zero-order valence-electron chi connectivity index (χ0n) is 17.7. The first kappa shape index (κ1) is 24.6. The van der Waals surface area contributed by atoms with Crippen LogP contribution in [0.5, 0.6) is 0 Å². The van der Waals surface area contributed by atoms with Crippen LogP contribution >= 0.6 is 0 Å². The number of ether oxygens (including phenoxy) is 2. The molecular weight excluding hydrogens is 401 g/mol. The van der Waals surface area contributed by atoms with Gasteiger partial charge in [-0.15, -0.1) is 0 Å². The number of carbonyl (C=O) groups excluding carboxylic acids is 1. The van der Waals surface area contributed by atoms with E-state index in [4.69, 9.17) is 9.47 Å². The molecule has 9 heteroatoms. The Kier molecular flexibility index (Phi) is 9.09. The molecule has 0 radical (unpaired) electrons. The van der Waals surface area contributed by atoms with Crippen LogP contribution in [0.2, 0.25) is 0 Å². The first-order valence-electron chi connectivity index (χ1n) is 10.1. The van der Waals surface area contributed by atoms with E-state index >= 15 is 0 Å². The van der Waals surface area contributed by atoms with Gasteiger partial charge < -0.3 is 19.5 Å². The number of halogens is 3. The lowest BCUT2D eigenvalue weighted by molar-refractivity contribution is -0.137. The topological polar surface area (TPSA) is 62.2 Å². The monoisotopic (exact) mass is 432 g/mol. The van der Waals surface area contributed by atoms with E-state index in [9.17, 15) is 23.1 Å². The number of aliphatic hydroxyl groups excluding tert-OH is 1. The minimum atomic E-state index is -4.45. The van der Waals surface area contributed by atoms with Gasteiger partial charge in [-0.05, 0) is 30.2 Å². The Bertz CT molecular complexity index is 667. The molecule has 30 heavy (non-hydrogen) atoms. The number of morpholine rings is 1. The zero-order valence-corrected chi connectivity index (χ0v) is 17.7. The van der Waals surface area contributed by atoms with Crippen LogP contribution in [0.3, 0.4) is 0 Å². The van der Waals surface area contributed by atoms with Gasteiger partial charge in [0.05, 0.1) is 31.0 Å². The normalized spacial score (nSPS) is 19.1. The number of amides is 1. The average molecular weight is 432 g/mol. The molecule has 1 aromatic rings. The fraction of sp³-hybridized carbons (Fsp3) is 0.667. The molecule has 2 atom stereocenters. The third-order valence-electron chi connectivity index (χ3n) is 5.17. The van der Waals surface area contributed by atoms with Gasteiger partial charge in [0.15, 0.2) is 0 Å². The van der Waals surface area contributed by atoms with Crippen LogP contribution in [0.25, 0.3) is 0 Å². The van der Waals surface area contributed by atoms with Crippen molar-refractivity contribution in [2.24, 2.45) is 5.92 Å². The van der Waals surface area contributed by atoms with Crippen LogP contribution in [0.1, 0.15) is 29.8 Å². The van der Waals surface area contributed by atoms with Crippen molar-refractivity contribution in [2.45, 2.75) is 32.2 Å². The van der Waals surface area contributed by atoms with Crippen molar-refractivity contribution >= 4 is 5.91 Å². The first-order chi connectivity index (χ1) is 14.1. The lowest BCUT2D eigenvalue weighted by atomic mass is 10.1. The molecule has 1 aliphatic heterocycles. The maximum Gasteiger partial charge on any atom is 0.416 e. The molecule has 6 nitrogen and oxygen atoms in total. The summed E-state index contributed by atoms with van der Waals surface area (Å²) in [5, 5.41) is 10.1. The third-order valence-corrected chi connectivity index (χ3v) is 5.17. The standard InChI is InChI=1S/C21H31F3N2O4/c1-15(2)19(27)14-25-8-11-30-18(12-25)13-26(9-10-29-3)20(28)16-4-6-17(7-5-16)21(22,23)24/h4-7,15,18-19,27H,8-14H2,1-3H3. The second kappa shape index (κ2) is 11.1. The van der Waals surface area contributed by atoms with E-state index in [2.05, 4.69) is 4.90 Å². The van der Waals surface area contributed by atoms with Crippen molar-refractivity contribution < 1.29 is 32.5 Å². The Morgan fingerprint density at radius 2 is 2.00 bits per heavy atom. The van der Waals surface area contributed by atoms with Crippen LogP contribution in [0, 0.1) is 5.92 Å². The van der Waals surface area contributed by atoms with E-state index in [1.54, 1.807) is 4.90 Å². The molecule has 0 saturated carbocycles. The number of carbonyl (C=O) groups is 1. The molecular formula is C21H31F3N2O4. The molecule has 1 aliphatic rings. The maximum atomic E-state index is 12.9. The summed E-state index contributed by atoms with van der Waals surface area (Å²) in [5.41, 5.74) is -0.612. The van der Waals surface area contributed by atoms with Gasteiger partial charge in [0, 0.05) is 45.4 Å². The molecule has 1 saturated heterocycles. The zero-order chi connectivity index (χ0) is 22.3. The Hall–Kier alpha value is -1.68. The SMILES string of the molecule is COCCN(CC1CN(CC(O)C(C)C)CCO1)C(=O)c1ccc(C(F)(F)F)cc1. The molecule has 2 rings (SSSR count). The highest BCUT2D eigenvalue weighted by Gasteiger charge is 2.31. The van der Waals surface area contributed by atoms with Crippen molar-refractivity contribution in [3.05, 3.63) is 35.4 Å². The summed E-state index contributed by atoms with van der Waals surface area (Å²) in [4.78, 5) is 16.6. The Labute approximate surface area is 175 Å². The van der Waals surface area contributed by atoms with Crippen molar-refractivity contribution in [1.82, 2.24) is 9.80 Å². The summed E-state index contributed by atoms with van der Waals surface area (Å²) in [5.74, 6) is -0.227. The number of β-amino-alcohol motifs (C(OH)–C–C–N with tert-alkyl or cyclic N) is 1. The summed E-state index contributed by atoms with van der Waals surface area (Å²) >= 11 is 0. The minimum Gasteiger partial charge on any atom is -0.392 e. The predicted molar refractivity (Wildman–Crippen MR) is 106 cm³/mol. The van der Waals surface area contributed by atoms with E-state index in [0.717, 1.165) is 12.1 Å². The van der Waals surface area contributed by atoms with E-state index < -0.39 is 17.8 Å². The van der Waals surface area contributed by atoms with E-state index in [-0.39, 0.29) is 30.0 Å². The van der Waals surface area contributed by atoms with Crippen LogP contribution in [-0.2, 0) is 15.7 Å². The lowest BCUT2D eigenvalue weighted by Gasteiger charge is -2.37. The van der Waals surface area contributed by atoms with Gasteiger partial charge >= 0.3 is 6.18 Å². The summed E-state index contributed by atoms with van der Waals surface area (Å²) in [6.45, 7) is 7.08. The predicted octanol–water partition coefficient (Wildman–Crippen LogP) is 2.51. The Morgan fingerprint density at radius 1 is 1.33 bits per heavy atom. The fourth-order valence-electron chi connectivity index (χ4n) is 3.24. The summed E-state index contributed by atoms with van der Waals surface area (Å²) < 4.78 is 49.2. The van der Waals surface area contributed by atoms with E-state index in [0.29, 0.717) is 39.4 Å². The minimum absolute atomic E-state index is 0.144. The van der Waals surface area contributed by atoms with Crippen molar-refractivity contribution in [3.63, 3.8) is 0 Å². The van der Waals surface area contributed by atoms with Gasteiger partial charge in [0.1, 0.15) is 0 Å². The maximum absolute atomic E-state index is 12.9. The molecule has 0 aromatic heterocycles. The number of hydrogen-bond donors (Lipinski definition) is 1. The lowest BCUT2D eigenvalue weighted by Crippen LogP contribution is -2.51. The molecule has 2 unspecified atom stereocenters. The van der Waals surface area contributed by atoms with Gasteiger partial charge in [0.2, 0.25) is 0 Å². The number of hydrogen-bond acceptors (Lipinski definition) is 5. The number of alkyl halides is 3. The third kappa shape index (κ3) is 7.23. The molecule has 0 spiro atoms. The number of aliphatic hydroxyl groups is 1. The number of methoxy groups -OCH3 is 1. The Morgan fingerprint density at radius 3 is 2.57 bits per heavy atom.